The van der Waals surface area contributed by atoms with Crippen molar-refractivity contribution in [1.82, 2.24) is 10.6 Å². The van der Waals surface area contributed by atoms with Gasteiger partial charge < -0.3 is 39.1 Å². The summed E-state index contributed by atoms with van der Waals surface area (Å²) in [6.45, 7) is 1.67. The number of ketones is 1. The highest BCUT2D eigenvalue weighted by molar-refractivity contribution is 6.04. The molecule has 2 atom stereocenters. The number of benzene rings is 6. The van der Waals surface area contributed by atoms with Gasteiger partial charge in [-0.2, -0.15) is 0 Å². The van der Waals surface area contributed by atoms with Crippen molar-refractivity contribution >= 4 is 47.4 Å². The molecular weight excluding hydrogens is 925 g/mol. The third-order valence-electron chi connectivity index (χ3n) is 11.6. The molecule has 16 heteroatoms. The zero-order valence-corrected chi connectivity index (χ0v) is 39.4. The molecule has 0 aromatic heterocycles. The first-order chi connectivity index (χ1) is 34.9. The first-order valence-electron chi connectivity index (χ1n) is 22.9. The number of carbonyl (C=O) groups excluding carboxylic acids is 8. The van der Waals surface area contributed by atoms with Crippen molar-refractivity contribution in [1.29, 1.82) is 0 Å². The Balaban J connectivity index is 0.842. The Morgan fingerprint density at radius 2 is 0.833 bits per heavy atom. The Kier molecular flexibility index (Phi) is 17.5. The molecular formula is C56H50N2O14. The zero-order chi connectivity index (χ0) is 51.0. The largest absolute Gasteiger partial charge is 0.460 e. The van der Waals surface area contributed by atoms with Gasteiger partial charge in [0.25, 0.3) is 11.8 Å². The van der Waals surface area contributed by atoms with E-state index in [-0.39, 0.29) is 104 Å². The molecule has 1 aliphatic rings. The molecule has 7 rings (SSSR count). The van der Waals surface area contributed by atoms with Crippen LogP contribution in [0.5, 0.6) is 0 Å². The third kappa shape index (κ3) is 13.7. The lowest BCUT2D eigenvalue weighted by Gasteiger charge is -2.13. The third-order valence-corrected chi connectivity index (χ3v) is 11.6. The van der Waals surface area contributed by atoms with Gasteiger partial charge in [0, 0.05) is 48.4 Å². The Bertz CT molecular complexity index is 2970. The van der Waals surface area contributed by atoms with Gasteiger partial charge in [-0.25, -0.2) is 24.0 Å². The van der Waals surface area contributed by atoms with E-state index in [9.17, 15) is 38.4 Å². The Hall–Kier alpha value is -8.76. The highest BCUT2D eigenvalue weighted by atomic mass is 16.6. The number of Topliss-reactive ketones (excluding diaryl/α,β-unsaturated/α-hetero) is 1. The number of amides is 2. The molecule has 16 nitrogen and oxygen atoms in total. The van der Waals surface area contributed by atoms with Crippen LogP contribution in [-0.2, 0) is 59.5 Å². The molecule has 72 heavy (non-hydrogen) atoms. The summed E-state index contributed by atoms with van der Waals surface area (Å²) in [4.78, 5) is 102. The van der Waals surface area contributed by atoms with Gasteiger partial charge in [-0.05, 0) is 83.4 Å². The topological polar surface area (TPSA) is 216 Å². The monoisotopic (exact) mass is 974 g/mol. The summed E-state index contributed by atoms with van der Waals surface area (Å²) < 4.78 is 31.5. The van der Waals surface area contributed by atoms with Gasteiger partial charge in [-0.15, -0.1) is 0 Å². The second-order valence-corrected chi connectivity index (χ2v) is 16.5. The fourth-order valence-corrected chi connectivity index (χ4v) is 7.49. The summed E-state index contributed by atoms with van der Waals surface area (Å²) in [6, 6.07) is 38.9. The number of carbonyl (C=O) groups is 8. The first-order valence-corrected chi connectivity index (χ1v) is 22.9. The number of hydrogen-bond acceptors (Lipinski definition) is 14. The van der Waals surface area contributed by atoms with Crippen LogP contribution in [0.25, 0.3) is 0 Å². The van der Waals surface area contributed by atoms with Crippen molar-refractivity contribution in [3.05, 3.63) is 212 Å². The highest BCUT2D eigenvalue weighted by Crippen LogP contribution is 2.42. The van der Waals surface area contributed by atoms with Crippen molar-refractivity contribution in [3.8, 4) is 0 Å². The van der Waals surface area contributed by atoms with E-state index in [4.69, 9.17) is 28.4 Å². The molecule has 2 N–H and O–H groups in total. The zero-order valence-electron chi connectivity index (χ0n) is 39.4. The molecule has 0 saturated heterocycles. The Labute approximate surface area is 414 Å². The number of rotatable bonds is 22. The minimum atomic E-state index is -0.744. The average molecular weight is 975 g/mol. The minimum Gasteiger partial charge on any atom is -0.460 e. The van der Waals surface area contributed by atoms with Crippen LogP contribution in [0, 0.1) is 5.92 Å². The molecule has 2 amide bonds. The van der Waals surface area contributed by atoms with Crippen LogP contribution in [-0.4, -0.2) is 81.0 Å². The molecule has 1 aliphatic carbocycles. The van der Waals surface area contributed by atoms with E-state index in [1.807, 2.05) is 25.1 Å². The van der Waals surface area contributed by atoms with Crippen molar-refractivity contribution in [2.75, 3.05) is 33.5 Å². The van der Waals surface area contributed by atoms with E-state index in [0.717, 1.165) is 16.7 Å². The number of esters is 5. The average Bonchev–Trinajstić information content (AvgIpc) is 4.02. The molecule has 2 unspecified atom stereocenters. The lowest BCUT2D eigenvalue weighted by molar-refractivity contribution is -0.111. The molecule has 6 aromatic carbocycles. The lowest BCUT2D eigenvalue weighted by Crippen LogP contribution is -2.25. The standard InChI is InChI=1S/C56H50N2O14/c1-35-48(49(35)59)38-17-19-39(20-18-38)53(63)69-27-28-70-55(65)42-13-8-14-43(30-42)56(66)72-34-45-12-4-6-16-47(45)51(61)58-32-37-10-7-9-36(29-37)31-57-50(60)46-15-5-3-11-44(46)33-71-54(64)41-23-21-40(22-24-41)52(62)68-26-25-67-2/h3-24,29-30,35,48H,25-28,31-34H2,1-2H3,(H,57,60)(H,58,61). The molecule has 0 radical (unpaired) electrons. The minimum absolute atomic E-state index is 0.0169. The highest BCUT2D eigenvalue weighted by Gasteiger charge is 2.46. The van der Waals surface area contributed by atoms with Crippen molar-refractivity contribution in [3.63, 3.8) is 0 Å². The van der Waals surface area contributed by atoms with Gasteiger partial charge in [0.05, 0.1) is 40.3 Å². The van der Waals surface area contributed by atoms with Gasteiger partial charge >= 0.3 is 29.8 Å². The molecule has 6 aromatic rings. The SMILES string of the molecule is COCCOC(=O)c1ccc(C(=O)OCc2ccccc2C(=O)NCc2cccc(CNC(=O)c3ccccc3COC(=O)c3cccc(C(=O)OCCOC(=O)c4ccc(C5C(=O)C5C)cc4)c3)c2)cc1. The van der Waals surface area contributed by atoms with E-state index < -0.39 is 35.8 Å². The van der Waals surface area contributed by atoms with Crippen LogP contribution in [0.15, 0.2) is 146 Å². The molecule has 1 saturated carbocycles. The number of ether oxygens (including phenoxy) is 6. The second kappa shape index (κ2) is 24.7. The molecule has 0 heterocycles. The van der Waals surface area contributed by atoms with Gasteiger partial charge in [-0.3, -0.25) is 14.4 Å². The smallest absolute Gasteiger partial charge is 0.338 e. The van der Waals surface area contributed by atoms with Crippen molar-refractivity contribution < 1.29 is 66.8 Å². The van der Waals surface area contributed by atoms with Crippen LogP contribution in [0.4, 0.5) is 0 Å². The van der Waals surface area contributed by atoms with Crippen molar-refractivity contribution in [2.45, 2.75) is 39.1 Å². The fraction of sp³-hybridized carbons (Fsp3) is 0.214. The van der Waals surface area contributed by atoms with Crippen LogP contribution in [0.1, 0.15) is 113 Å². The van der Waals surface area contributed by atoms with E-state index in [1.165, 1.54) is 55.6 Å². The van der Waals surface area contributed by atoms with Gasteiger partial charge in [0.2, 0.25) is 0 Å². The van der Waals surface area contributed by atoms with E-state index in [2.05, 4.69) is 10.6 Å². The number of nitrogens with one attached hydrogen (secondary N) is 2. The van der Waals surface area contributed by atoms with Crippen LogP contribution >= 0.6 is 0 Å². The quantitative estimate of drug-likeness (QED) is 0.0386. The van der Waals surface area contributed by atoms with Gasteiger partial charge in [-0.1, -0.05) is 85.8 Å². The van der Waals surface area contributed by atoms with Crippen LogP contribution in [0.2, 0.25) is 0 Å². The Morgan fingerprint density at radius 1 is 0.444 bits per heavy atom. The normalized spacial score (nSPS) is 13.5. The van der Waals surface area contributed by atoms with E-state index >= 15 is 0 Å². The maximum absolute atomic E-state index is 13.4. The summed E-state index contributed by atoms with van der Waals surface area (Å²) in [7, 11) is 1.50. The lowest BCUT2D eigenvalue weighted by atomic mass is 10.1. The summed E-state index contributed by atoms with van der Waals surface area (Å²) >= 11 is 0. The second-order valence-electron chi connectivity index (χ2n) is 16.5. The molecule has 368 valence electrons. The Morgan fingerprint density at radius 3 is 1.29 bits per heavy atom. The summed E-state index contributed by atoms with van der Waals surface area (Å²) in [5.41, 5.74) is 4.82. The van der Waals surface area contributed by atoms with Gasteiger partial charge in [0.1, 0.15) is 38.8 Å². The predicted molar refractivity (Wildman–Crippen MR) is 259 cm³/mol. The summed E-state index contributed by atoms with van der Waals surface area (Å²) in [6.07, 6.45) is 0. The number of hydrogen-bond donors (Lipinski definition) is 2. The van der Waals surface area contributed by atoms with Gasteiger partial charge in [0.15, 0.2) is 0 Å². The maximum Gasteiger partial charge on any atom is 0.338 e. The molecule has 0 bridgehead atoms. The van der Waals surface area contributed by atoms with Crippen molar-refractivity contribution in [2.24, 2.45) is 5.92 Å². The van der Waals surface area contributed by atoms with Crippen LogP contribution in [0.3, 0.4) is 0 Å². The molecule has 0 aliphatic heterocycles. The maximum atomic E-state index is 13.4. The summed E-state index contributed by atoms with van der Waals surface area (Å²) in [5, 5.41) is 5.80. The predicted octanol–water partition coefficient (Wildman–Crippen LogP) is 7.38. The fourth-order valence-electron chi connectivity index (χ4n) is 7.49. The van der Waals surface area contributed by atoms with Crippen LogP contribution < -0.4 is 10.6 Å². The van der Waals surface area contributed by atoms with E-state index in [1.54, 1.807) is 78.9 Å². The summed E-state index contributed by atoms with van der Waals surface area (Å²) in [5.74, 6) is -4.06. The molecule has 1 fully saturated rings. The number of methoxy groups -OCH3 is 1. The molecule has 0 spiro atoms. The first kappa shape index (κ1) is 51.1. The van der Waals surface area contributed by atoms with E-state index in [0.29, 0.717) is 22.3 Å².